The summed E-state index contributed by atoms with van der Waals surface area (Å²) in [4.78, 5) is 0. The lowest BCUT2D eigenvalue weighted by atomic mass is 9.99. The average Bonchev–Trinajstić information content (AvgIpc) is 2.31. The highest BCUT2D eigenvalue weighted by Gasteiger charge is 2.10. The normalized spacial score (nSPS) is 10.6. The maximum atomic E-state index is 5.62. The zero-order chi connectivity index (χ0) is 12.8. The van der Waals surface area contributed by atoms with Crippen LogP contribution in [-0.4, -0.2) is 27.3 Å². The number of rotatable bonds is 6. The fraction of sp³-hybridized carbons (Fsp3) is 0.571. The Balaban J connectivity index is 2.80. The Labute approximate surface area is 104 Å². The van der Waals surface area contributed by atoms with Crippen molar-refractivity contribution in [1.29, 1.82) is 0 Å². The molecule has 3 nitrogen and oxygen atoms in total. The van der Waals surface area contributed by atoms with Crippen molar-refractivity contribution in [3.8, 4) is 5.75 Å². The van der Waals surface area contributed by atoms with Crippen LogP contribution in [0.1, 0.15) is 22.3 Å². The monoisotopic (exact) mass is 237 g/mol. The number of nitrogens with one attached hydrogen (secondary N) is 1. The molecule has 0 spiro atoms. The van der Waals surface area contributed by atoms with Crippen molar-refractivity contribution in [3.05, 3.63) is 28.3 Å². The lowest BCUT2D eigenvalue weighted by molar-refractivity contribution is 0.123. The molecule has 0 aliphatic heterocycles. The molecule has 0 saturated heterocycles. The summed E-state index contributed by atoms with van der Waals surface area (Å²) in [6.45, 7) is 8.57. The molecular formula is C14H23NO2. The number of hydrogen-bond donors (Lipinski definition) is 1. The van der Waals surface area contributed by atoms with Gasteiger partial charge in [-0.15, -0.1) is 0 Å². The zero-order valence-corrected chi connectivity index (χ0v) is 11.5. The molecule has 0 amide bonds. The topological polar surface area (TPSA) is 30.5 Å². The van der Waals surface area contributed by atoms with Gasteiger partial charge in [-0.1, -0.05) is 0 Å². The van der Waals surface area contributed by atoms with Gasteiger partial charge in [0.1, 0.15) is 5.75 Å². The van der Waals surface area contributed by atoms with Gasteiger partial charge in [0.15, 0.2) is 0 Å². The Morgan fingerprint density at radius 1 is 1.18 bits per heavy atom. The number of likely N-dealkylation sites (N-methyl/N-ethyl adjacent to an activating group) is 1. The zero-order valence-electron chi connectivity index (χ0n) is 11.5. The minimum Gasteiger partial charge on any atom is -0.496 e. The summed E-state index contributed by atoms with van der Waals surface area (Å²) >= 11 is 0. The van der Waals surface area contributed by atoms with Crippen LogP contribution in [-0.2, 0) is 11.3 Å². The second-order valence-electron chi connectivity index (χ2n) is 4.29. The first-order chi connectivity index (χ1) is 8.11. The lowest BCUT2D eigenvalue weighted by Crippen LogP contribution is -2.14. The summed E-state index contributed by atoms with van der Waals surface area (Å²) in [5.41, 5.74) is 4.89. The van der Waals surface area contributed by atoms with Crippen molar-refractivity contribution in [2.75, 3.05) is 27.3 Å². The summed E-state index contributed by atoms with van der Waals surface area (Å²) in [5, 5.41) is 3.06. The van der Waals surface area contributed by atoms with Gasteiger partial charge in [0.25, 0.3) is 0 Å². The van der Waals surface area contributed by atoms with Crippen LogP contribution in [0.15, 0.2) is 6.07 Å². The van der Waals surface area contributed by atoms with Gasteiger partial charge in [-0.25, -0.2) is 0 Å². The van der Waals surface area contributed by atoms with E-state index < -0.39 is 0 Å². The predicted octanol–water partition coefficient (Wildman–Crippen LogP) is 2.36. The first kappa shape index (κ1) is 14.0. The molecule has 96 valence electrons. The molecular weight excluding hydrogens is 214 g/mol. The highest BCUT2D eigenvalue weighted by atomic mass is 16.5. The average molecular weight is 237 g/mol. The molecule has 0 aromatic heterocycles. The maximum absolute atomic E-state index is 5.62. The number of hydrogen-bond acceptors (Lipinski definition) is 3. The molecule has 0 atom stereocenters. The van der Waals surface area contributed by atoms with E-state index in [4.69, 9.17) is 9.47 Å². The Hall–Kier alpha value is -1.06. The highest BCUT2D eigenvalue weighted by molar-refractivity contribution is 5.48. The first-order valence-electron chi connectivity index (χ1n) is 5.97. The van der Waals surface area contributed by atoms with Gasteiger partial charge in [0.05, 0.1) is 20.3 Å². The van der Waals surface area contributed by atoms with Crippen LogP contribution < -0.4 is 10.1 Å². The van der Waals surface area contributed by atoms with Crippen LogP contribution in [0.3, 0.4) is 0 Å². The SMILES string of the molecule is CNCCOCc1cc(C)c(OC)c(C)c1C. The van der Waals surface area contributed by atoms with Crippen LogP contribution >= 0.6 is 0 Å². The van der Waals surface area contributed by atoms with E-state index in [2.05, 4.69) is 32.2 Å². The molecule has 0 unspecified atom stereocenters. The fourth-order valence-electron chi connectivity index (χ4n) is 1.96. The number of methoxy groups -OCH3 is 1. The molecule has 0 radical (unpaired) electrons. The van der Waals surface area contributed by atoms with Gasteiger partial charge in [0, 0.05) is 6.54 Å². The molecule has 0 saturated carbocycles. The summed E-state index contributed by atoms with van der Waals surface area (Å²) in [6.07, 6.45) is 0. The molecule has 0 fully saturated rings. The van der Waals surface area contributed by atoms with Crippen LogP contribution in [0.5, 0.6) is 5.75 Å². The summed E-state index contributed by atoms with van der Waals surface area (Å²) in [7, 11) is 3.65. The van der Waals surface area contributed by atoms with Crippen molar-refractivity contribution >= 4 is 0 Å². The van der Waals surface area contributed by atoms with Crippen molar-refractivity contribution in [2.24, 2.45) is 0 Å². The second-order valence-corrected chi connectivity index (χ2v) is 4.29. The molecule has 0 bridgehead atoms. The third-order valence-electron chi connectivity index (χ3n) is 3.09. The summed E-state index contributed by atoms with van der Waals surface area (Å²) in [6, 6.07) is 2.15. The Kier molecular flexibility index (Phi) is 5.45. The van der Waals surface area contributed by atoms with E-state index >= 15 is 0 Å². The Bertz CT molecular complexity index is 375. The third-order valence-corrected chi connectivity index (χ3v) is 3.09. The van der Waals surface area contributed by atoms with Gasteiger partial charge < -0.3 is 14.8 Å². The smallest absolute Gasteiger partial charge is 0.124 e. The Morgan fingerprint density at radius 3 is 2.47 bits per heavy atom. The van der Waals surface area contributed by atoms with Gasteiger partial charge in [-0.3, -0.25) is 0 Å². The molecule has 0 heterocycles. The van der Waals surface area contributed by atoms with Crippen LogP contribution in [0, 0.1) is 20.8 Å². The van der Waals surface area contributed by atoms with Crippen molar-refractivity contribution in [2.45, 2.75) is 27.4 Å². The molecule has 1 N–H and O–H groups in total. The highest BCUT2D eigenvalue weighted by Crippen LogP contribution is 2.28. The lowest BCUT2D eigenvalue weighted by Gasteiger charge is -2.15. The van der Waals surface area contributed by atoms with Gasteiger partial charge >= 0.3 is 0 Å². The van der Waals surface area contributed by atoms with Crippen LogP contribution in [0.4, 0.5) is 0 Å². The molecule has 1 aromatic carbocycles. The van der Waals surface area contributed by atoms with Crippen LogP contribution in [0.25, 0.3) is 0 Å². The maximum Gasteiger partial charge on any atom is 0.124 e. The molecule has 0 aliphatic rings. The molecule has 1 aromatic rings. The van der Waals surface area contributed by atoms with E-state index in [0.717, 1.165) is 18.9 Å². The van der Waals surface area contributed by atoms with Crippen molar-refractivity contribution in [1.82, 2.24) is 5.32 Å². The fourth-order valence-corrected chi connectivity index (χ4v) is 1.96. The molecule has 0 aliphatic carbocycles. The van der Waals surface area contributed by atoms with Crippen molar-refractivity contribution in [3.63, 3.8) is 0 Å². The van der Waals surface area contributed by atoms with Gasteiger partial charge in [-0.2, -0.15) is 0 Å². The largest absolute Gasteiger partial charge is 0.496 e. The van der Waals surface area contributed by atoms with Crippen molar-refractivity contribution < 1.29 is 9.47 Å². The van der Waals surface area contributed by atoms with Gasteiger partial charge in [-0.05, 0) is 56.1 Å². The second kappa shape index (κ2) is 6.62. The third kappa shape index (κ3) is 3.45. The minimum absolute atomic E-state index is 0.666. The molecule has 1 rings (SSSR count). The van der Waals surface area contributed by atoms with E-state index in [1.54, 1.807) is 7.11 Å². The Morgan fingerprint density at radius 2 is 1.88 bits per heavy atom. The number of aryl methyl sites for hydroxylation is 1. The number of ether oxygens (including phenoxy) is 2. The number of benzene rings is 1. The molecule has 17 heavy (non-hydrogen) atoms. The van der Waals surface area contributed by atoms with E-state index in [9.17, 15) is 0 Å². The standard InChI is InChI=1S/C14H23NO2/c1-10-8-13(9-17-7-6-15-4)11(2)12(3)14(10)16-5/h8,15H,6-7,9H2,1-5H3. The van der Waals surface area contributed by atoms with Crippen LogP contribution in [0.2, 0.25) is 0 Å². The van der Waals surface area contributed by atoms with E-state index in [1.807, 2.05) is 7.05 Å². The first-order valence-corrected chi connectivity index (χ1v) is 5.97. The quantitative estimate of drug-likeness (QED) is 0.770. The minimum atomic E-state index is 0.666. The summed E-state index contributed by atoms with van der Waals surface area (Å²) in [5.74, 6) is 0.987. The molecule has 3 heteroatoms. The van der Waals surface area contributed by atoms with Gasteiger partial charge in [0.2, 0.25) is 0 Å². The van der Waals surface area contributed by atoms with E-state index in [1.165, 1.54) is 22.3 Å². The van der Waals surface area contributed by atoms with E-state index in [0.29, 0.717) is 6.61 Å². The van der Waals surface area contributed by atoms with E-state index in [-0.39, 0.29) is 0 Å². The predicted molar refractivity (Wildman–Crippen MR) is 70.8 cm³/mol. The summed E-state index contributed by atoms with van der Waals surface area (Å²) < 4.78 is 11.0.